The second-order valence-corrected chi connectivity index (χ2v) is 11.0. The van der Waals surface area contributed by atoms with Gasteiger partial charge in [0.25, 0.3) is 5.91 Å². The van der Waals surface area contributed by atoms with E-state index in [1.54, 1.807) is 0 Å². The first kappa shape index (κ1) is 23.5. The summed E-state index contributed by atoms with van der Waals surface area (Å²) in [6, 6.07) is 4.55. The monoisotopic (exact) mass is 468 g/mol. The summed E-state index contributed by atoms with van der Waals surface area (Å²) >= 11 is 0. The molecule has 2 aromatic rings. The summed E-state index contributed by atoms with van der Waals surface area (Å²) in [6.07, 6.45) is 10.5. The maximum Gasteiger partial charge on any atom is 0.271 e. The molecule has 2 unspecified atom stereocenters. The zero-order valence-corrected chi connectivity index (χ0v) is 21.1. The number of aromatic nitrogens is 1. The van der Waals surface area contributed by atoms with Gasteiger partial charge in [-0.2, -0.15) is 0 Å². The van der Waals surface area contributed by atoms with Crippen LogP contribution >= 0.6 is 0 Å². The third-order valence-corrected chi connectivity index (χ3v) is 8.47. The van der Waals surface area contributed by atoms with Gasteiger partial charge in [-0.15, -0.1) is 0 Å². The Balaban J connectivity index is 1.44. The summed E-state index contributed by atoms with van der Waals surface area (Å²) in [4.78, 5) is 32.1. The summed E-state index contributed by atoms with van der Waals surface area (Å²) in [5, 5.41) is 3.36. The molecule has 1 N–H and O–H groups in total. The number of nitrogens with one attached hydrogen (secondary N) is 1. The lowest BCUT2D eigenvalue weighted by atomic mass is 9.93. The molecule has 1 aliphatic carbocycles. The first-order valence-corrected chi connectivity index (χ1v) is 13.3. The van der Waals surface area contributed by atoms with Gasteiger partial charge in [-0.1, -0.05) is 32.1 Å². The molecule has 1 saturated carbocycles. The number of fused-ring (bicyclic) bond motifs is 3. The molecule has 5 rings (SSSR count). The van der Waals surface area contributed by atoms with Gasteiger partial charge in [0.05, 0.1) is 12.1 Å². The zero-order valence-electron chi connectivity index (χ0n) is 21.1. The van der Waals surface area contributed by atoms with E-state index in [4.69, 9.17) is 4.42 Å². The Bertz CT molecular complexity index is 1050. The summed E-state index contributed by atoms with van der Waals surface area (Å²) in [5.41, 5.74) is 1.31. The summed E-state index contributed by atoms with van der Waals surface area (Å²) < 4.78 is 7.84. The van der Waals surface area contributed by atoms with E-state index in [-0.39, 0.29) is 17.9 Å². The van der Waals surface area contributed by atoms with Crippen molar-refractivity contribution in [2.24, 2.45) is 0 Å². The number of amides is 2. The highest BCUT2D eigenvalue weighted by atomic mass is 16.3. The average Bonchev–Trinajstić information content (AvgIpc) is 3.20. The summed E-state index contributed by atoms with van der Waals surface area (Å²) in [7, 11) is 0. The number of nitrogens with zero attached hydrogens (tertiary/aromatic N) is 3. The summed E-state index contributed by atoms with van der Waals surface area (Å²) in [5.74, 6) is 0.726. The molecule has 1 saturated heterocycles. The Morgan fingerprint density at radius 3 is 2.56 bits per heavy atom. The van der Waals surface area contributed by atoms with Gasteiger partial charge in [-0.05, 0) is 53.0 Å². The third kappa shape index (κ3) is 4.28. The lowest BCUT2D eigenvalue weighted by Crippen LogP contribution is -2.66. The van der Waals surface area contributed by atoms with E-state index in [9.17, 15) is 9.59 Å². The number of carbonyl (C=O) groups excluding carboxylic acids is 2. The summed E-state index contributed by atoms with van der Waals surface area (Å²) in [6.45, 7) is 9.02. The Morgan fingerprint density at radius 1 is 1.09 bits per heavy atom. The number of rotatable bonds is 5. The molecule has 2 aliphatic heterocycles. The SMILES string of the molecule is Cc1cc2c(cc3n2CC(C)(C(=O)NC2CCCCCC2)N(CCN2CCCCC2C)C3=O)o1. The first-order valence-electron chi connectivity index (χ1n) is 13.3. The normalized spacial score (nSPS) is 27.1. The molecule has 7 nitrogen and oxygen atoms in total. The van der Waals surface area contributed by atoms with Crippen LogP contribution in [0.15, 0.2) is 16.5 Å². The highest BCUT2D eigenvalue weighted by Crippen LogP contribution is 2.34. The van der Waals surface area contributed by atoms with Crippen molar-refractivity contribution in [3.8, 4) is 0 Å². The fourth-order valence-corrected chi connectivity index (χ4v) is 6.29. The van der Waals surface area contributed by atoms with Crippen LogP contribution in [0.4, 0.5) is 0 Å². The third-order valence-electron chi connectivity index (χ3n) is 8.47. The van der Waals surface area contributed by atoms with Gasteiger partial charge >= 0.3 is 0 Å². The molecule has 7 heteroatoms. The highest BCUT2D eigenvalue weighted by molar-refractivity contribution is 6.03. The van der Waals surface area contributed by atoms with Gasteiger partial charge in [0.2, 0.25) is 5.91 Å². The molecular weight excluding hydrogens is 428 g/mol. The van der Waals surface area contributed by atoms with Crippen LogP contribution in [0.5, 0.6) is 0 Å². The minimum Gasteiger partial charge on any atom is -0.460 e. The van der Waals surface area contributed by atoms with Crippen molar-refractivity contribution in [1.29, 1.82) is 0 Å². The smallest absolute Gasteiger partial charge is 0.271 e. The highest BCUT2D eigenvalue weighted by Gasteiger charge is 2.48. The molecule has 186 valence electrons. The first-order chi connectivity index (χ1) is 16.4. The minimum atomic E-state index is -0.938. The van der Waals surface area contributed by atoms with E-state index in [0.29, 0.717) is 24.8 Å². The second-order valence-electron chi connectivity index (χ2n) is 11.0. The van der Waals surface area contributed by atoms with Crippen LogP contribution in [0.1, 0.15) is 87.9 Å². The van der Waals surface area contributed by atoms with Gasteiger partial charge in [0.15, 0.2) is 5.58 Å². The molecule has 3 aliphatic rings. The van der Waals surface area contributed by atoms with Crippen LogP contribution in [0.25, 0.3) is 11.1 Å². The van der Waals surface area contributed by atoms with Crippen molar-refractivity contribution in [1.82, 2.24) is 19.7 Å². The standard InChI is InChI=1S/C27H40N4O3/c1-19-10-8-9-13-29(19)14-15-31-25(32)23-17-24-22(16-20(2)34-24)30(23)18-27(31,3)26(33)28-21-11-6-4-5-7-12-21/h16-17,19,21H,4-15,18H2,1-3H3,(H,28,33). The van der Waals surface area contributed by atoms with Gasteiger partial charge in [0, 0.05) is 37.3 Å². The minimum absolute atomic E-state index is 0.0211. The maximum absolute atomic E-state index is 13.9. The van der Waals surface area contributed by atoms with Gasteiger partial charge in [0.1, 0.15) is 17.0 Å². The van der Waals surface area contributed by atoms with Crippen LogP contribution in [-0.2, 0) is 11.3 Å². The van der Waals surface area contributed by atoms with E-state index in [1.807, 2.05) is 35.4 Å². The van der Waals surface area contributed by atoms with Crippen LogP contribution < -0.4 is 5.32 Å². The molecule has 2 fully saturated rings. The molecule has 0 radical (unpaired) electrons. The Morgan fingerprint density at radius 2 is 1.82 bits per heavy atom. The predicted octanol–water partition coefficient (Wildman–Crippen LogP) is 4.47. The maximum atomic E-state index is 13.9. The quantitative estimate of drug-likeness (QED) is 0.658. The molecule has 0 aromatic carbocycles. The number of piperidine rings is 1. The van der Waals surface area contributed by atoms with Crippen molar-refractivity contribution < 1.29 is 14.0 Å². The fourth-order valence-electron chi connectivity index (χ4n) is 6.29. The predicted molar refractivity (Wildman–Crippen MR) is 133 cm³/mol. The fraction of sp³-hybridized carbons (Fsp3) is 0.704. The van der Waals surface area contributed by atoms with Crippen LogP contribution in [-0.4, -0.2) is 63.4 Å². The molecule has 2 aromatic heterocycles. The number of carbonyl (C=O) groups is 2. The zero-order chi connectivity index (χ0) is 23.9. The van der Waals surface area contributed by atoms with Crippen LogP contribution in [0.2, 0.25) is 0 Å². The van der Waals surface area contributed by atoms with Crippen molar-refractivity contribution in [3.63, 3.8) is 0 Å². The number of hydrogen-bond acceptors (Lipinski definition) is 4. The Hall–Kier alpha value is -2.28. The van der Waals surface area contributed by atoms with Crippen molar-refractivity contribution >= 4 is 22.9 Å². The number of hydrogen-bond donors (Lipinski definition) is 1. The van der Waals surface area contributed by atoms with Crippen LogP contribution in [0.3, 0.4) is 0 Å². The van der Waals surface area contributed by atoms with E-state index >= 15 is 0 Å². The lowest BCUT2D eigenvalue weighted by molar-refractivity contribution is -0.133. The van der Waals surface area contributed by atoms with Crippen LogP contribution in [0, 0.1) is 6.92 Å². The number of furan rings is 1. The largest absolute Gasteiger partial charge is 0.460 e. The molecule has 4 heterocycles. The van der Waals surface area contributed by atoms with Gasteiger partial charge in [-0.3, -0.25) is 14.5 Å². The molecule has 0 bridgehead atoms. The Labute approximate surface area is 202 Å². The molecule has 2 amide bonds. The van der Waals surface area contributed by atoms with E-state index in [2.05, 4.69) is 17.1 Å². The second kappa shape index (κ2) is 9.40. The average molecular weight is 469 g/mol. The molecule has 34 heavy (non-hydrogen) atoms. The number of likely N-dealkylation sites (tertiary alicyclic amines) is 1. The van der Waals surface area contributed by atoms with Gasteiger partial charge in [-0.25, -0.2) is 0 Å². The molecular formula is C27H40N4O3. The molecule has 0 spiro atoms. The van der Waals surface area contributed by atoms with E-state index < -0.39 is 5.54 Å². The van der Waals surface area contributed by atoms with E-state index in [1.165, 1.54) is 32.1 Å². The van der Waals surface area contributed by atoms with Crippen molar-refractivity contribution in [2.45, 2.75) is 103 Å². The van der Waals surface area contributed by atoms with Crippen molar-refractivity contribution in [2.75, 3.05) is 19.6 Å². The lowest BCUT2D eigenvalue weighted by Gasteiger charge is -2.46. The van der Waals surface area contributed by atoms with Crippen molar-refractivity contribution in [3.05, 3.63) is 23.6 Å². The molecule has 2 atom stereocenters. The van der Waals surface area contributed by atoms with E-state index in [0.717, 1.165) is 55.6 Å². The number of aryl methyl sites for hydroxylation is 1. The Kier molecular flexibility index (Phi) is 6.49. The van der Waals surface area contributed by atoms with Gasteiger partial charge < -0.3 is 19.2 Å². The topological polar surface area (TPSA) is 70.7 Å².